The number of carbonyl (C=O) groups excluding carboxylic acids is 1. The fourth-order valence-electron chi connectivity index (χ4n) is 3.74. The van der Waals surface area contributed by atoms with Gasteiger partial charge in [-0.05, 0) is 36.8 Å². The number of furan rings is 1. The van der Waals surface area contributed by atoms with E-state index < -0.39 is 0 Å². The zero-order valence-electron chi connectivity index (χ0n) is 17.8. The molecule has 1 fully saturated rings. The largest absolute Gasteiger partial charge is 0.459 e. The van der Waals surface area contributed by atoms with Crippen LogP contribution in [0.25, 0.3) is 11.7 Å². The quantitative estimate of drug-likeness (QED) is 0.561. The van der Waals surface area contributed by atoms with Crippen LogP contribution in [0, 0.1) is 17.1 Å². The highest BCUT2D eigenvalue weighted by Crippen LogP contribution is 2.29. The lowest BCUT2D eigenvalue weighted by Crippen LogP contribution is -2.50. The third-order valence-corrected chi connectivity index (χ3v) is 5.46. The van der Waals surface area contributed by atoms with Gasteiger partial charge in [-0.3, -0.25) is 9.69 Å². The molecule has 1 saturated heterocycles. The van der Waals surface area contributed by atoms with Crippen molar-refractivity contribution >= 4 is 11.8 Å². The van der Waals surface area contributed by atoms with Gasteiger partial charge in [-0.1, -0.05) is 12.1 Å². The van der Waals surface area contributed by atoms with Crippen LogP contribution in [0.4, 0.5) is 10.3 Å². The molecule has 2 aromatic heterocycles. The van der Waals surface area contributed by atoms with E-state index in [0.717, 1.165) is 5.56 Å². The maximum atomic E-state index is 13.5. The first-order chi connectivity index (χ1) is 15.6. The molecule has 3 heterocycles. The van der Waals surface area contributed by atoms with Gasteiger partial charge in [-0.25, -0.2) is 4.39 Å². The van der Waals surface area contributed by atoms with E-state index in [1.807, 2.05) is 17.9 Å². The normalized spacial score (nSPS) is 14.3. The standard InChI is InChI=1S/C23H24FN5O3/c1-2-28(15-17-5-3-6-18(24)13-17)21(30)16-27-8-10-29(11-9-27)23-19(14-25)26-22(32-23)20-7-4-12-31-20/h3-7,12-13H,2,8-11,15-16H2,1H3. The highest BCUT2D eigenvalue weighted by atomic mass is 19.1. The summed E-state index contributed by atoms with van der Waals surface area (Å²) in [6.45, 7) is 5.63. The van der Waals surface area contributed by atoms with Crippen LogP contribution in [-0.4, -0.2) is 60.0 Å². The molecule has 0 unspecified atom stereocenters. The zero-order chi connectivity index (χ0) is 22.5. The summed E-state index contributed by atoms with van der Waals surface area (Å²) in [5, 5.41) is 9.44. The molecule has 32 heavy (non-hydrogen) atoms. The number of piperazine rings is 1. The van der Waals surface area contributed by atoms with Crippen LogP contribution >= 0.6 is 0 Å². The van der Waals surface area contributed by atoms with Crippen LogP contribution in [0.1, 0.15) is 18.2 Å². The molecule has 3 aromatic rings. The zero-order valence-corrected chi connectivity index (χ0v) is 17.8. The van der Waals surface area contributed by atoms with Crippen molar-refractivity contribution in [2.75, 3.05) is 44.2 Å². The number of carbonyl (C=O) groups is 1. The number of likely N-dealkylation sites (N-methyl/N-ethyl adjacent to an activating group) is 1. The number of amides is 1. The summed E-state index contributed by atoms with van der Waals surface area (Å²) in [5.41, 5.74) is 0.986. The van der Waals surface area contributed by atoms with Gasteiger partial charge in [0.15, 0.2) is 5.76 Å². The number of hydrogen-bond donors (Lipinski definition) is 0. The molecule has 0 spiro atoms. The Morgan fingerprint density at radius 1 is 1.25 bits per heavy atom. The molecule has 1 aliphatic rings. The highest BCUT2D eigenvalue weighted by Gasteiger charge is 2.26. The number of hydrogen-bond acceptors (Lipinski definition) is 7. The summed E-state index contributed by atoms with van der Waals surface area (Å²) < 4.78 is 24.6. The van der Waals surface area contributed by atoms with Crippen molar-refractivity contribution in [1.29, 1.82) is 5.26 Å². The van der Waals surface area contributed by atoms with Crippen molar-refractivity contribution in [3.63, 3.8) is 0 Å². The summed E-state index contributed by atoms with van der Waals surface area (Å²) in [5.74, 6) is 0.861. The number of nitrogens with zero attached hydrogens (tertiary/aromatic N) is 5. The van der Waals surface area contributed by atoms with Crippen molar-refractivity contribution in [2.45, 2.75) is 13.5 Å². The van der Waals surface area contributed by atoms with Crippen LogP contribution in [0.2, 0.25) is 0 Å². The van der Waals surface area contributed by atoms with Gasteiger partial charge >= 0.3 is 0 Å². The lowest BCUT2D eigenvalue weighted by molar-refractivity contribution is -0.132. The number of anilines is 1. The average molecular weight is 437 g/mol. The van der Waals surface area contributed by atoms with Crippen LogP contribution in [-0.2, 0) is 11.3 Å². The first kappa shape index (κ1) is 21.6. The Kier molecular flexibility index (Phi) is 6.52. The number of aromatic nitrogens is 1. The second-order valence-electron chi connectivity index (χ2n) is 7.56. The van der Waals surface area contributed by atoms with E-state index in [0.29, 0.717) is 50.9 Å². The minimum absolute atomic E-state index is 0.00250. The van der Waals surface area contributed by atoms with Crippen molar-refractivity contribution < 1.29 is 18.0 Å². The second kappa shape index (κ2) is 9.66. The van der Waals surface area contributed by atoms with E-state index in [-0.39, 0.29) is 29.9 Å². The Bertz CT molecular complexity index is 1100. The van der Waals surface area contributed by atoms with Gasteiger partial charge < -0.3 is 18.6 Å². The van der Waals surface area contributed by atoms with E-state index in [1.165, 1.54) is 18.4 Å². The van der Waals surface area contributed by atoms with Crippen molar-refractivity contribution in [1.82, 2.24) is 14.8 Å². The molecule has 1 amide bonds. The summed E-state index contributed by atoms with van der Waals surface area (Å²) in [4.78, 5) is 22.8. The van der Waals surface area contributed by atoms with Crippen molar-refractivity contribution in [3.05, 3.63) is 59.7 Å². The molecule has 0 N–H and O–H groups in total. The summed E-state index contributed by atoms with van der Waals surface area (Å²) in [6, 6.07) is 11.9. The lowest BCUT2D eigenvalue weighted by atomic mass is 10.2. The molecule has 0 aliphatic carbocycles. The minimum Gasteiger partial charge on any atom is -0.459 e. The number of halogens is 1. The highest BCUT2D eigenvalue weighted by molar-refractivity contribution is 5.78. The summed E-state index contributed by atoms with van der Waals surface area (Å²) >= 11 is 0. The van der Waals surface area contributed by atoms with Gasteiger partial charge in [0.1, 0.15) is 11.9 Å². The predicted octanol–water partition coefficient (Wildman–Crippen LogP) is 3.12. The van der Waals surface area contributed by atoms with Crippen LogP contribution in [0.3, 0.4) is 0 Å². The molecular formula is C23H24FN5O3. The first-order valence-corrected chi connectivity index (χ1v) is 10.5. The van der Waals surface area contributed by atoms with Gasteiger partial charge in [0.05, 0.1) is 12.8 Å². The monoisotopic (exact) mass is 437 g/mol. The molecular weight excluding hydrogens is 413 g/mol. The SMILES string of the molecule is CCN(Cc1cccc(F)c1)C(=O)CN1CCN(c2oc(-c3ccco3)nc2C#N)CC1. The Hall–Kier alpha value is -3.64. The smallest absolute Gasteiger partial charge is 0.266 e. The molecule has 9 heteroatoms. The fraction of sp³-hybridized carbons (Fsp3) is 0.348. The molecule has 166 valence electrons. The first-order valence-electron chi connectivity index (χ1n) is 10.5. The Morgan fingerprint density at radius 3 is 2.72 bits per heavy atom. The number of oxazole rings is 1. The van der Waals surface area contributed by atoms with E-state index in [2.05, 4.69) is 16.0 Å². The van der Waals surface area contributed by atoms with Crippen LogP contribution in [0.5, 0.6) is 0 Å². The number of nitriles is 1. The molecule has 0 bridgehead atoms. The Morgan fingerprint density at radius 2 is 2.06 bits per heavy atom. The molecule has 0 atom stereocenters. The summed E-state index contributed by atoms with van der Waals surface area (Å²) in [6.07, 6.45) is 1.52. The molecule has 8 nitrogen and oxygen atoms in total. The topological polar surface area (TPSA) is 89.8 Å². The lowest BCUT2D eigenvalue weighted by Gasteiger charge is -2.35. The van der Waals surface area contributed by atoms with Crippen LogP contribution < -0.4 is 4.90 Å². The molecule has 1 aliphatic heterocycles. The van der Waals surface area contributed by atoms with E-state index in [4.69, 9.17) is 8.83 Å². The van der Waals surface area contributed by atoms with Crippen molar-refractivity contribution in [2.24, 2.45) is 0 Å². The maximum absolute atomic E-state index is 13.5. The summed E-state index contributed by atoms with van der Waals surface area (Å²) in [7, 11) is 0. The van der Waals surface area contributed by atoms with Gasteiger partial charge in [0, 0.05) is 39.3 Å². The fourth-order valence-corrected chi connectivity index (χ4v) is 3.74. The van der Waals surface area contributed by atoms with E-state index in [1.54, 1.807) is 23.1 Å². The third kappa shape index (κ3) is 4.81. The minimum atomic E-state index is -0.304. The predicted molar refractivity (Wildman–Crippen MR) is 115 cm³/mol. The number of benzene rings is 1. The molecule has 0 radical (unpaired) electrons. The van der Waals surface area contributed by atoms with Crippen molar-refractivity contribution in [3.8, 4) is 17.7 Å². The van der Waals surface area contributed by atoms with Gasteiger partial charge in [-0.2, -0.15) is 10.2 Å². The molecule has 0 saturated carbocycles. The van der Waals surface area contributed by atoms with Gasteiger partial charge in [-0.15, -0.1) is 0 Å². The third-order valence-electron chi connectivity index (χ3n) is 5.46. The Balaban J connectivity index is 1.34. The number of rotatable bonds is 7. The maximum Gasteiger partial charge on any atom is 0.266 e. The van der Waals surface area contributed by atoms with E-state index >= 15 is 0 Å². The van der Waals surface area contributed by atoms with E-state index in [9.17, 15) is 14.4 Å². The Labute approximate surface area is 185 Å². The second-order valence-corrected chi connectivity index (χ2v) is 7.56. The van der Waals surface area contributed by atoms with Gasteiger partial charge in [0.2, 0.25) is 17.5 Å². The van der Waals surface area contributed by atoms with Crippen LogP contribution in [0.15, 0.2) is 51.5 Å². The average Bonchev–Trinajstić information content (AvgIpc) is 3.48. The molecule has 1 aromatic carbocycles. The molecule has 4 rings (SSSR count). The van der Waals surface area contributed by atoms with Gasteiger partial charge in [0.25, 0.3) is 5.89 Å².